The van der Waals surface area contributed by atoms with Crippen molar-refractivity contribution in [3.63, 3.8) is 0 Å². The predicted molar refractivity (Wildman–Crippen MR) is 82.2 cm³/mol. The summed E-state index contributed by atoms with van der Waals surface area (Å²) in [6.07, 6.45) is 1.94. The summed E-state index contributed by atoms with van der Waals surface area (Å²) >= 11 is 0. The molecular weight excluding hydrogens is 250 g/mol. The molecule has 114 valence electrons. The summed E-state index contributed by atoms with van der Waals surface area (Å²) in [5.74, 6) is -0.107. The lowest BCUT2D eigenvalue weighted by Crippen LogP contribution is -2.40. The van der Waals surface area contributed by atoms with Crippen LogP contribution in [0.1, 0.15) is 67.7 Å². The summed E-state index contributed by atoms with van der Waals surface area (Å²) in [4.78, 5) is 26.6. The Labute approximate surface area is 123 Å². The van der Waals surface area contributed by atoms with E-state index in [1.165, 1.54) is 4.90 Å². The average Bonchev–Trinajstić information content (AvgIpc) is 2.38. The standard InChI is InChI=1S/C17H29NO2/c1-8-11-18-13(19)10-9-12(16(2,3)4)14(15(18)20)17(5,6)7/h8-11H2,1-7H3. The second kappa shape index (κ2) is 5.71. The summed E-state index contributed by atoms with van der Waals surface area (Å²) < 4.78 is 0. The molecule has 0 aromatic heterocycles. The van der Waals surface area contributed by atoms with Crippen LogP contribution in [-0.2, 0) is 9.59 Å². The van der Waals surface area contributed by atoms with E-state index in [2.05, 4.69) is 41.5 Å². The number of carbonyl (C=O) groups is 2. The van der Waals surface area contributed by atoms with Crippen LogP contribution in [0.25, 0.3) is 0 Å². The number of allylic oxidation sites excluding steroid dienone is 1. The third kappa shape index (κ3) is 3.50. The second-order valence-corrected chi connectivity index (χ2v) is 7.70. The monoisotopic (exact) mass is 279 g/mol. The fraction of sp³-hybridized carbons (Fsp3) is 0.765. The third-order valence-corrected chi connectivity index (χ3v) is 3.75. The van der Waals surface area contributed by atoms with Gasteiger partial charge in [0, 0.05) is 18.5 Å². The lowest BCUT2D eigenvalue weighted by atomic mass is 9.73. The van der Waals surface area contributed by atoms with E-state index in [9.17, 15) is 9.59 Å². The molecule has 0 aromatic carbocycles. The summed E-state index contributed by atoms with van der Waals surface area (Å²) in [6, 6.07) is 0. The molecule has 0 N–H and O–H groups in total. The number of nitrogens with zero attached hydrogens (tertiary/aromatic N) is 1. The minimum absolute atomic E-state index is 0.0298. The second-order valence-electron chi connectivity index (χ2n) is 7.70. The highest BCUT2D eigenvalue weighted by atomic mass is 16.2. The molecule has 2 amide bonds. The fourth-order valence-electron chi connectivity index (χ4n) is 2.84. The van der Waals surface area contributed by atoms with Crippen molar-refractivity contribution >= 4 is 11.8 Å². The summed E-state index contributed by atoms with van der Waals surface area (Å²) in [6.45, 7) is 15.1. The molecule has 1 heterocycles. The highest BCUT2D eigenvalue weighted by Crippen LogP contribution is 2.41. The Hall–Kier alpha value is -1.12. The average molecular weight is 279 g/mol. The third-order valence-electron chi connectivity index (χ3n) is 3.75. The maximum atomic E-state index is 12.9. The molecule has 0 unspecified atom stereocenters. The minimum Gasteiger partial charge on any atom is -0.279 e. The Kier molecular flexibility index (Phi) is 4.83. The lowest BCUT2D eigenvalue weighted by Gasteiger charge is -2.32. The van der Waals surface area contributed by atoms with Gasteiger partial charge >= 0.3 is 0 Å². The van der Waals surface area contributed by atoms with Crippen LogP contribution in [0.5, 0.6) is 0 Å². The molecule has 0 saturated carbocycles. The van der Waals surface area contributed by atoms with Gasteiger partial charge in [-0.3, -0.25) is 14.5 Å². The molecule has 0 spiro atoms. The minimum atomic E-state index is -0.240. The molecule has 0 radical (unpaired) electrons. The molecule has 3 nitrogen and oxygen atoms in total. The summed E-state index contributed by atoms with van der Waals surface area (Å²) in [7, 11) is 0. The first-order valence-electron chi connectivity index (χ1n) is 7.59. The fourth-order valence-corrected chi connectivity index (χ4v) is 2.84. The Balaban J connectivity index is 3.44. The van der Waals surface area contributed by atoms with Crippen LogP contribution >= 0.6 is 0 Å². The van der Waals surface area contributed by atoms with Gasteiger partial charge in [0.1, 0.15) is 0 Å². The van der Waals surface area contributed by atoms with E-state index >= 15 is 0 Å². The topological polar surface area (TPSA) is 37.4 Å². The molecule has 0 fully saturated rings. The Morgan fingerprint density at radius 1 is 0.950 bits per heavy atom. The molecule has 1 aliphatic heterocycles. The molecule has 1 rings (SSSR count). The van der Waals surface area contributed by atoms with E-state index in [4.69, 9.17) is 0 Å². The Morgan fingerprint density at radius 2 is 1.50 bits per heavy atom. The maximum Gasteiger partial charge on any atom is 0.256 e. The summed E-state index contributed by atoms with van der Waals surface area (Å²) in [5, 5.41) is 0. The van der Waals surface area contributed by atoms with Crippen molar-refractivity contribution < 1.29 is 9.59 Å². The van der Waals surface area contributed by atoms with Crippen molar-refractivity contribution in [1.82, 2.24) is 4.90 Å². The van der Waals surface area contributed by atoms with Gasteiger partial charge in [-0.2, -0.15) is 0 Å². The van der Waals surface area contributed by atoms with Gasteiger partial charge in [0.25, 0.3) is 5.91 Å². The van der Waals surface area contributed by atoms with Crippen molar-refractivity contribution in [2.45, 2.75) is 67.7 Å². The molecular formula is C17H29NO2. The van der Waals surface area contributed by atoms with Crippen LogP contribution in [0, 0.1) is 10.8 Å². The molecule has 3 heteroatoms. The van der Waals surface area contributed by atoms with E-state index in [-0.39, 0.29) is 22.6 Å². The van der Waals surface area contributed by atoms with Crippen molar-refractivity contribution in [3.05, 3.63) is 11.1 Å². The molecule has 0 aromatic rings. The Bertz CT molecular complexity index is 433. The zero-order valence-electron chi connectivity index (χ0n) is 14.1. The van der Waals surface area contributed by atoms with Gasteiger partial charge < -0.3 is 0 Å². The number of carbonyl (C=O) groups excluding carboxylic acids is 2. The number of hydrogen-bond donors (Lipinski definition) is 0. The van der Waals surface area contributed by atoms with Crippen LogP contribution < -0.4 is 0 Å². The van der Waals surface area contributed by atoms with Crippen LogP contribution in [-0.4, -0.2) is 23.3 Å². The largest absolute Gasteiger partial charge is 0.279 e. The molecule has 20 heavy (non-hydrogen) atoms. The molecule has 1 aliphatic rings. The smallest absolute Gasteiger partial charge is 0.256 e. The van der Waals surface area contributed by atoms with Crippen molar-refractivity contribution in [3.8, 4) is 0 Å². The van der Waals surface area contributed by atoms with E-state index in [0.717, 1.165) is 17.6 Å². The first-order valence-corrected chi connectivity index (χ1v) is 7.59. The van der Waals surface area contributed by atoms with Gasteiger partial charge in [-0.1, -0.05) is 54.0 Å². The van der Waals surface area contributed by atoms with Gasteiger partial charge in [-0.15, -0.1) is 0 Å². The normalized spacial score (nSPS) is 18.6. The van der Waals surface area contributed by atoms with Crippen LogP contribution in [0.15, 0.2) is 11.1 Å². The summed E-state index contributed by atoms with van der Waals surface area (Å²) in [5.41, 5.74) is 1.66. The van der Waals surface area contributed by atoms with Crippen LogP contribution in [0.2, 0.25) is 0 Å². The van der Waals surface area contributed by atoms with Gasteiger partial charge in [-0.25, -0.2) is 0 Å². The van der Waals surface area contributed by atoms with Crippen molar-refractivity contribution in [1.29, 1.82) is 0 Å². The van der Waals surface area contributed by atoms with Crippen molar-refractivity contribution in [2.24, 2.45) is 10.8 Å². The zero-order valence-corrected chi connectivity index (χ0v) is 14.1. The number of rotatable bonds is 2. The van der Waals surface area contributed by atoms with Gasteiger partial charge in [-0.05, 0) is 23.7 Å². The highest BCUT2D eigenvalue weighted by molar-refractivity contribution is 6.06. The predicted octanol–water partition coefficient (Wildman–Crippen LogP) is 3.93. The Morgan fingerprint density at radius 3 is 1.90 bits per heavy atom. The number of hydrogen-bond acceptors (Lipinski definition) is 2. The van der Waals surface area contributed by atoms with Gasteiger partial charge in [0.15, 0.2) is 0 Å². The van der Waals surface area contributed by atoms with E-state index in [1.54, 1.807) is 0 Å². The zero-order chi connectivity index (χ0) is 15.7. The molecule has 0 bridgehead atoms. The maximum absolute atomic E-state index is 12.9. The first-order chi connectivity index (χ1) is 9.00. The first kappa shape index (κ1) is 16.9. The van der Waals surface area contributed by atoms with E-state index in [0.29, 0.717) is 19.4 Å². The number of imide groups is 1. The van der Waals surface area contributed by atoms with Crippen LogP contribution in [0.4, 0.5) is 0 Å². The lowest BCUT2D eigenvalue weighted by molar-refractivity contribution is -0.142. The number of amides is 2. The molecule has 0 aliphatic carbocycles. The quantitative estimate of drug-likeness (QED) is 0.718. The van der Waals surface area contributed by atoms with E-state index in [1.807, 2.05) is 6.92 Å². The molecule has 0 atom stereocenters. The SMILES string of the molecule is CCCN1C(=O)CCC(C(C)(C)C)=C(C(C)(C)C)C1=O. The van der Waals surface area contributed by atoms with Crippen molar-refractivity contribution in [2.75, 3.05) is 6.54 Å². The molecule has 0 saturated heterocycles. The van der Waals surface area contributed by atoms with Gasteiger partial charge in [0.2, 0.25) is 5.91 Å². The highest BCUT2D eigenvalue weighted by Gasteiger charge is 2.38. The van der Waals surface area contributed by atoms with E-state index < -0.39 is 0 Å². The van der Waals surface area contributed by atoms with Gasteiger partial charge in [0.05, 0.1) is 0 Å². The van der Waals surface area contributed by atoms with Crippen LogP contribution in [0.3, 0.4) is 0 Å².